The molecule has 0 amide bonds. The Morgan fingerprint density at radius 3 is 3.00 bits per heavy atom. The first kappa shape index (κ1) is 9.04. The molecule has 1 heterocycles. The minimum absolute atomic E-state index is 0.169. The Morgan fingerprint density at radius 2 is 2.29 bits per heavy atom. The highest BCUT2D eigenvalue weighted by atomic mass is 16.7. The van der Waals surface area contributed by atoms with E-state index in [1.807, 2.05) is 12.1 Å². The summed E-state index contributed by atoms with van der Waals surface area (Å²) in [6.45, 7) is 7.72. The van der Waals surface area contributed by atoms with Gasteiger partial charge in [0.1, 0.15) is 5.75 Å². The highest BCUT2D eigenvalue weighted by molar-refractivity contribution is 5.56. The van der Waals surface area contributed by atoms with Gasteiger partial charge < -0.3 is 9.47 Å². The van der Waals surface area contributed by atoms with Crippen LogP contribution >= 0.6 is 0 Å². The third-order valence-electron chi connectivity index (χ3n) is 2.13. The van der Waals surface area contributed by atoms with E-state index in [1.165, 1.54) is 0 Å². The van der Waals surface area contributed by atoms with Crippen molar-refractivity contribution in [3.8, 4) is 5.75 Å². The zero-order valence-electron chi connectivity index (χ0n) is 7.77. The summed E-state index contributed by atoms with van der Waals surface area (Å²) in [6, 6.07) is 7.24. The van der Waals surface area contributed by atoms with Crippen molar-refractivity contribution in [2.75, 3.05) is 6.61 Å². The summed E-state index contributed by atoms with van der Waals surface area (Å²) in [5, 5.41) is 0. The Hall–Kier alpha value is -1.53. The van der Waals surface area contributed by atoms with Crippen LogP contribution in [0.2, 0.25) is 0 Å². The largest absolute Gasteiger partial charge is 0.476 e. The highest BCUT2D eigenvalue weighted by Crippen LogP contribution is 2.29. The van der Waals surface area contributed by atoms with Gasteiger partial charge in [0.2, 0.25) is 5.69 Å². The average molecular weight is 189 g/mol. The van der Waals surface area contributed by atoms with Gasteiger partial charge in [-0.05, 0) is 12.5 Å². The molecule has 1 fully saturated rings. The topological polar surface area (TPSA) is 22.8 Å². The third kappa shape index (κ3) is 1.86. The second kappa shape index (κ2) is 4.12. The highest BCUT2D eigenvalue weighted by Gasteiger charge is 2.17. The minimum atomic E-state index is -0.169. The zero-order valence-corrected chi connectivity index (χ0v) is 7.77. The lowest BCUT2D eigenvalue weighted by Gasteiger charge is -2.13. The lowest BCUT2D eigenvalue weighted by atomic mass is 10.3. The molecule has 14 heavy (non-hydrogen) atoms. The Balaban J connectivity index is 2.11. The number of hydrogen-bond acceptors (Lipinski definition) is 2. The molecule has 1 aliphatic rings. The predicted octanol–water partition coefficient (Wildman–Crippen LogP) is 2.75. The van der Waals surface area contributed by atoms with Gasteiger partial charge in [0.15, 0.2) is 6.29 Å². The molecule has 1 atom stereocenters. The van der Waals surface area contributed by atoms with E-state index in [2.05, 4.69) is 4.85 Å². The zero-order chi connectivity index (χ0) is 9.80. The summed E-state index contributed by atoms with van der Waals surface area (Å²) in [7, 11) is 0. The summed E-state index contributed by atoms with van der Waals surface area (Å²) in [6.07, 6.45) is 1.77. The lowest BCUT2D eigenvalue weighted by Crippen LogP contribution is -2.13. The number of rotatable bonds is 2. The maximum Gasteiger partial charge on any atom is 0.228 e. The van der Waals surface area contributed by atoms with E-state index in [1.54, 1.807) is 12.1 Å². The summed E-state index contributed by atoms with van der Waals surface area (Å²) in [5.41, 5.74) is 0.544. The average Bonchev–Trinajstić information content (AvgIpc) is 2.71. The van der Waals surface area contributed by atoms with Crippen LogP contribution < -0.4 is 4.74 Å². The molecule has 0 radical (unpaired) electrons. The van der Waals surface area contributed by atoms with Crippen molar-refractivity contribution in [1.82, 2.24) is 0 Å². The van der Waals surface area contributed by atoms with Gasteiger partial charge >= 0.3 is 0 Å². The van der Waals surface area contributed by atoms with Crippen LogP contribution in [0.3, 0.4) is 0 Å². The molecule has 1 unspecified atom stereocenters. The maximum atomic E-state index is 6.96. The van der Waals surface area contributed by atoms with Gasteiger partial charge in [0, 0.05) is 6.42 Å². The van der Waals surface area contributed by atoms with Gasteiger partial charge in [-0.1, -0.05) is 18.2 Å². The summed E-state index contributed by atoms with van der Waals surface area (Å²) in [4.78, 5) is 3.38. The first-order chi connectivity index (χ1) is 6.90. The molecule has 0 bridgehead atoms. The molecule has 2 rings (SSSR count). The monoisotopic (exact) mass is 189 g/mol. The normalized spacial score (nSPS) is 20.4. The fourth-order valence-electron chi connectivity index (χ4n) is 1.43. The van der Waals surface area contributed by atoms with Gasteiger partial charge in [-0.25, -0.2) is 4.85 Å². The first-order valence-corrected chi connectivity index (χ1v) is 4.65. The molecule has 1 aliphatic heterocycles. The predicted molar refractivity (Wildman–Crippen MR) is 52.3 cm³/mol. The number of hydrogen-bond donors (Lipinski definition) is 0. The van der Waals surface area contributed by atoms with Crippen LogP contribution in [0.5, 0.6) is 5.75 Å². The summed E-state index contributed by atoms with van der Waals surface area (Å²) < 4.78 is 10.9. The fourth-order valence-corrected chi connectivity index (χ4v) is 1.43. The molecular weight excluding hydrogens is 178 g/mol. The van der Waals surface area contributed by atoms with E-state index in [-0.39, 0.29) is 6.29 Å². The van der Waals surface area contributed by atoms with Crippen LogP contribution in [0.1, 0.15) is 12.8 Å². The summed E-state index contributed by atoms with van der Waals surface area (Å²) in [5.74, 6) is 0.620. The molecule has 3 nitrogen and oxygen atoms in total. The number of ether oxygens (including phenoxy) is 2. The fraction of sp³-hybridized carbons (Fsp3) is 0.364. The molecule has 0 N–H and O–H groups in total. The van der Waals surface area contributed by atoms with E-state index in [4.69, 9.17) is 16.0 Å². The maximum absolute atomic E-state index is 6.96. The van der Waals surface area contributed by atoms with E-state index >= 15 is 0 Å². The van der Waals surface area contributed by atoms with Crippen molar-refractivity contribution in [3.05, 3.63) is 35.7 Å². The Morgan fingerprint density at radius 1 is 1.43 bits per heavy atom. The van der Waals surface area contributed by atoms with Gasteiger partial charge in [-0.2, -0.15) is 0 Å². The molecular formula is C11H11NO2. The van der Waals surface area contributed by atoms with Gasteiger partial charge in [-0.3, -0.25) is 0 Å². The van der Waals surface area contributed by atoms with Crippen molar-refractivity contribution in [3.63, 3.8) is 0 Å². The van der Waals surface area contributed by atoms with Crippen molar-refractivity contribution in [2.45, 2.75) is 19.1 Å². The lowest BCUT2D eigenvalue weighted by molar-refractivity contribution is -0.0385. The molecule has 0 spiro atoms. The molecule has 1 saturated heterocycles. The third-order valence-corrected chi connectivity index (χ3v) is 2.13. The first-order valence-electron chi connectivity index (χ1n) is 4.65. The van der Waals surface area contributed by atoms with Crippen LogP contribution in [0.25, 0.3) is 4.85 Å². The number of nitrogens with zero attached hydrogens (tertiary/aromatic N) is 1. The van der Waals surface area contributed by atoms with Crippen LogP contribution in [0.4, 0.5) is 5.69 Å². The van der Waals surface area contributed by atoms with Gasteiger partial charge in [0.05, 0.1) is 13.2 Å². The molecule has 0 saturated carbocycles. The molecule has 0 aliphatic carbocycles. The Kier molecular flexibility index (Phi) is 2.66. The Labute approximate surface area is 83.1 Å². The standard InChI is InChI=1S/C11H11NO2/c1-12-9-5-2-3-6-10(9)14-11-7-4-8-13-11/h2-3,5-6,11H,4,7-8H2. The van der Waals surface area contributed by atoms with E-state index in [9.17, 15) is 0 Å². The Bertz CT molecular complexity index is 351. The van der Waals surface area contributed by atoms with Crippen LogP contribution in [0.15, 0.2) is 24.3 Å². The van der Waals surface area contributed by atoms with Crippen LogP contribution in [-0.2, 0) is 4.74 Å². The molecule has 72 valence electrons. The van der Waals surface area contributed by atoms with E-state index in [0.29, 0.717) is 11.4 Å². The number of benzene rings is 1. The second-order valence-electron chi connectivity index (χ2n) is 3.14. The molecule has 0 aromatic heterocycles. The smallest absolute Gasteiger partial charge is 0.228 e. The van der Waals surface area contributed by atoms with Crippen LogP contribution in [-0.4, -0.2) is 12.9 Å². The van der Waals surface area contributed by atoms with Gasteiger partial charge in [-0.15, -0.1) is 0 Å². The van der Waals surface area contributed by atoms with Crippen molar-refractivity contribution >= 4 is 5.69 Å². The van der Waals surface area contributed by atoms with E-state index in [0.717, 1.165) is 19.4 Å². The minimum Gasteiger partial charge on any atom is -0.476 e. The molecule has 1 aromatic rings. The molecule has 3 heteroatoms. The van der Waals surface area contributed by atoms with Crippen molar-refractivity contribution < 1.29 is 9.47 Å². The quantitative estimate of drug-likeness (QED) is 0.667. The SMILES string of the molecule is [C-]#[N+]c1ccccc1OC1CCCO1. The van der Waals surface area contributed by atoms with Crippen molar-refractivity contribution in [2.24, 2.45) is 0 Å². The van der Waals surface area contributed by atoms with Crippen molar-refractivity contribution in [1.29, 1.82) is 0 Å². The molecule has 1 aromatic carbocycles. The second-order valence-corrected chi connectivity index (χ2v) is 3.14. The number of para-hydroxylation sites is 2. The van der Waals surface area contributed by atoms with E-state index < -0.39 is 0 Å². The summed E-state index contributed by atoms with van der Waals surface area (Å²) >= 11 is 0. The van der Waals surface area contributed by atoms with Gasteiger partial charge in [0.25, 0.3) is 0 Å². The van der Waals surface area contributed by atoms with Crippen LogP contribution in [0, 0.1) is 6.57 Å².